The Balaban J connectivity index is 1.90. The molecule has 2 atom stereocenters. The van der Waals surface area contributed by atoms with E-state index in [4.69, 9.17) is 0 Å². The van der Waals surface area contributed by atoms with Gasteiger partial charge in [0, 0.05) is 25.9 Å². The van der Waals surface area contributed by atoms with Gasteiger partial charge in [0.2, 0.25) is 0 Å². The van der Waals surface area contributed by atoms with Gasteiger partial charge in [-0.25, -0.2) is 4.79 Å². The lowest BCUT2D eigenvalue weighted by Gasteiger charge is -2.37. The Labute approximate surface area is 211 Å². The minimum atomic E-state index is -4.90. The van der Waals surface area contributed by atoms with Gasteiger partial charge in [-0.15, -0.1) is 13.2 Å². The molecule has 10 heteroatoms. The second-order valence-corrected chi connectivity index (χ2v) is 9.50. The smallest absolute Gasteiger partial charge is 0.406 e. The molecule has 3 aromatic rings. The lowest BCUT2D eigenvalue weighted by atomic mass is 9.91. The highest BCUT2D eigenvalue weighted by atomic mass is 79.9. The highest BCUT2D eigenvalue weighted by Gasteiger charge is 2.58. The molecule has 4 rings (SSSR count). The van der Waals surface area contributed by atoms with Crippen LogP contribution in [0.15, 0.2) is 81.7 Å². The first kappa shape index (κ1) is 24.6. The Kier molecular flexibility index (Phi) is 6.67. The van der Waals surface area contributed by atoms with Crippen LogP contribution in [0.2, 0.25) is 0 Å². The van der Waals surface area contributed by atoms with Gasteiger partial charge in [-0.1, -0.05) is 50.9 Å². The van der Waals surface area contributed by atoms with E-state index in [1.54, 1.807) is 55.5 Å². The number of rotatable bonds is 5. The summed E-state index contributed by atoms with van der Waals surface area (Å²) in [5.41, 5.74) is -0.966. The topological polar surface area (TPSA) is 53.0 Å². The molecular weight excluding hydrogens is 581 g/mol. The molecule has 2 amide bonds. The summed E-state index contributed by atoms with van der Waals surface area (Å²) in [6.07, 6.45) is -4.58. The molecule has 5 nitrogen and oxygen atoms in total. The van der Waals surface area contributed by atoms with Crippen LogP contribution in [-0.4, -0.2) is 23.5 Å². The van der Waals surface area contributed by atoms with Crippen LogP contribution in [0.1, 0.15) is 18.9 Å². The fourth-order valence-electron chi connectivity index (χ4n) is 4.22. The third-order valence-corrected chi connectivity index (χ3v) is 6.64. The molecule has 178 valence electrons. The third-order valence-electron chi connectivity index (χ3n) is 5.58. The molecule has 1 aliphatic rings. The molecule has 0 bridgehead atoms. The van der Waals surface area contributed by atoms with Crippen molar-refractivity contribution in [3.8, 4) is 5.75 Å². The number of hydrogen-bond acceptors (Lipinski definition) is 3. The Morgan fingerprint density at radius 2 is 1.53 bits per heavy atom. The maximum absolute atomic E-state index is 13.8. The van der Waals surface area contributed by atoms with Gasteiger partial charge in [0.15, 0.2) is 5.72 Å². The van der Waals surface area contributed by atoms with Gasteiger partial charge in [0.1, 0.15) is 5.75 Å². The van der Waals surface area contributed by atoms with Crippen LogP contribution in [0.3, 0.4) is 0 Å². The van der Waals surface area contributed by atoms with Crippen molar-refractivity contribution < 1.29 is 27.8 Å². The van der Waals surface area contributed by atoms with E-state index in [0.29, 0.717) is 17.8 Å². The molecule has 1 fully saturated rings. The van der Waals surface area contributed by atoms with Crippen molar-refractivity contribution in [2.75, 3.05) is 9.80 Å². The monoisotopic (exact) mass is 598 g/mol. The van der Waals surface area contributed by atoms with Crippen LogP contribution in [0.4, 0.5) is 29.3 Å². The van der Waals surface area contributed by atoms with E-state index in [2.05, 4.69) is 36.6 Å². The number of carbonyl (C=O) groups excluding carboxylic acids is 1. The largest absolute Gasteiger partial charge is 0.573 e. The zero-order valence-corrected chi connectivity index (χ0v) is 20.9. The van der Waals surface area contributed by atoms with E-state index in [1.165, 1.54) is 21.9 Å². The standard InChI is InChI=1S/C24H19Br2F3N2O3/c1-2-21-23(33,15-4-3-5-20(14-15)34-24(27,28)29)31(19-12-8-17(26)9-13-19)22(32)30(21)18-10-6-16(25)7-11-18/h3-14,21,33H,2H2,1H3/t21-,23?/m1/s1. The van der Waals surface area contributed by atoms with Crippen LogP contribution >= 0.6 is 31.9 Å². The molecule has 0 aliphatic carbocycles. The molecule has 1 N–H and O–H groups in total. The number of urea groups is 1. The van der Waals surface area contributed by atoms with Gasteiger partial charge in [-0.05, 0) is 67.1 Å². The lowest BCUT2D eigenvalue weighted by molar-refractivity contribution is -0.274. The third kappa shape index (κ3) is 4.54. The summed E-state index contributed by atoms with van der Waals surface area (Å²) in [4.78, 5) is 16.5. The Morgan fingerprint density at radius 1 is 0.971 bits per heavy atom. The van der Waals surface area contributed by atoms with Crippen molar-refractivity contribution in [2.45, 2.75) is 31.5 Å². The summed E-state index contributed by atoms with van der Waals surface area (Å²) < 4.78 is 44.3. The zero-order valence-electron chi connectivity index (χ0n) is 17.8. The Morgan fingerprint density at radius 3 is 2.06 bits per heavy atom. The second kappa shape index (κ2) is 9.24. The van der Waals surface area contributed by atoms with E-state index >= 15 is 0 Å². The van der Waals surface area contributed by atoms with Gasteiger partial charge in [0.25, 0.3) is 0 Å². The van der Waals surface area contributed by atoms with Crippen molar-refractivity contribution in [3.05, 3.63) is 87.3 Å². The van der Waals surface area contributed by atoms with E-state index in [0.717, 1.165) is 21.1 Å². The number of benzene rings is 3. The average molecular weight is 600 g/mol. The van der Waals surface area contributed by atoms with Gasteiger partial charge in [-0.3, -0.25) is 9.80 Å². The van der Waals surface area contributed by atoms with E-state index in [-0.39, 0.29) is 5.56 Å². The van der Waals surface area contributed by atoms with Gasteiger partial charge in [-0.2, -0.15) is 0 Å². The van der Waals surface area contributed by atoms with Crippen LogP contribution in [0, 0.1) is 0 Å². The molecule has 3 aromatic carbocycles. The quantitative estimate of drug-likeness (QED) is 0.338. The van der Waals surface area contributed by atoms with Gasteiger partial charge < -0.3 is 9.84 Å². The Hall–Kier alpha value is -2.56. The predicted octanol–water partition coefficient (Wildman–Crippen LogP) is 7.18. The SMILES string of the molecule is CC[C@H]1N(c2ccc(Br)cc2)C(=O)N(c2ccc(Br)cc2)C1(O)c1cccc(OC(F)(F)F)c1. The summed E-state index contributed by atoms with van der Waals surface area (Å²) in [6.45, 7) is 1.80. The number of ether oxygens (including phenoxy) is 1. The molecule has 1 saturated heterocycles. The molecule has 34 heavy (non-hydrogen) atoms. The molecule has 1 aliphatic heterocycles. The number of halogens is 5. The van der Waals surface area contributed by atoms with Crippen molar-refractivity contribution in [1.29, 1.82) is 0 Å². The summed E-state index contributed by atoms with van der Waals surface area (Å²) in [6, 6.07) is 17.5. The first-order valence-corrected chi connectivity index (χ1v) is 11.9. The summed E-state index contributed by atoms with van der Waals surface area (Å²) in [5.74, 6) is -0.487. The fourth-order valence-corrected chi connectivity index (χ4v) is 4.74. The van der Waals surface area contributed by atoms with Gasteiger partial charge in [0.05, 0.1) is 6.04 Å². The zero-order chi connectivity index (χ0) is 24.7. The maximum Gasteiger partial charge on any atom is 0.573 e. The molecule has 1 unspecified atom stereocenters. The molecule has 0 radical (unpaired) electrons. The molecule has 0 spiro atoms. The highest BCUT2D eigenvalue weighted by molar-refractivity contribution is 9.10. The first-order valence-electron chi connectivity index (χ1n) is 10.3. The van der Waals surface area contributed by atoms with Crippen LogP contribution in [0.25, 0.3) is 0 Å². The average Bonchev–Trinajstić information content (AvgIpc) is 3.01. The lowest BCUT2D eigenvalue weighted by Crippen LogP contribution is -2.49. The fraction of sp³-hybridized carbons (Fsp3) is 0.208. The van der Waals surface area contributed by atoms with Crippen molar-refractivity contribution in [3.63, 3.8) is 0 Å². The number of alkyl halides is 3. The second-order valence-electron chi connectivity index (χ2n) is 7.67. The number of carbonyl (C=O) groups is 1. The van der Waals surface area contributed by atoms with Crippen LogP contribution in [0.5, 0.6) is 5.75 Å². The van der Waals surface area contributed by atoms with E-state index in [9.17, 15) is 23.1 Å². The number of hydrogen-bond donors (Lipinski definition) is 1. The van der Waals surface area contributed by atoms with Crippen LogP contribution in [-0.2, 0) is 5.72 Å². The molecule has 0 aromatic heterocycles. The van der Waals surface area contributed by atoms with Gasteiger partial charge >= 0.3 is 12.4 Å². The molecule has 0 saturated carbocycles. The summed E-state index contributed by atoms with van der Waals surface area (Å²) in [7, 11) is 0. The van der Waals surface area contributed by atoms with E-state index in [1.807, 2.05) is 0 Å². The first-order chi connectivity index (χ1) is 16.0. The minimum absolute atomic E-state index is 0.0944. The van der Waals surface area contributed by atoms with E-state index < -0.39 is 29.9 Å². The van der Waals surface area contributed by atoms with Crippen molar-refractivity contribution >= 4 is 49.3 Å². The van der Waals surface area contributed by atoms with Crippen molar-refractivity contribution in [2.24, 2.45) is 0 Å². The number of aliphatic hydroxyl groups is 1. The van der Waals surface area contributed by atoms with Crippen LogP contribution < -0.4 is 14.5 Å². The molecule has 1 heterocycles. The number of amides is 2. The number of nitrogens with zero attached hydrogens (tertiary/aromatic N) is 2. The van der Waals surface area contributed by atoms with Crippen molar-refractivity contribution in [1.82, 2.24) is 0 Å². The predicted molar refractivity (Wildman–Crippen MR) is 130 cm³/mol. The summed E-state index contributed by atoms with van der Waals surface area (Å²) in [5, 5.41) is 12.2. The normalized spacial score (nSPS) is 20.7. The summed E-state index contributed by atoms with van der Waals surface area (Å²) >= 11 is 6.73. The maximum atomic E-state index is 13.8. The Bertz CT molecular complexity index is 1190. The highest BCUT2D eigenvalue weighted by Crippen LogP contribution is 2.46. The minimum Gasteiger partial charge on any atom is -0.406 e. The molecular formula is C24H19Br2F3N2O3. The number of anilines is 2.